The van der Waals surface area contributed by atoms with Crippen molar-refractivity contribution < 1.29 is 0 Å². The smallest absolute Gasteiger partial charge is 0.124 e. The van der Waals surface area contributed by atoms with Gasteiger partial charge in [-0.25, -0.2) is 9.97 Å². The van der Waals surface area contributed by atoms with Gasteiger partial charge in [0.1, 0.15) is 5.01 Å². The van der Waals surface area contributed by atoms with Crippen LogP contribution in [0.25, 0.3) is 97.5 Å². The van der Waals surface area contributed by atoms with E-state index in [4.69, 9.17) is 9.97 Å². The molecule has 0 aliphatic heterocycles. The van der Waals surface area contributed by atoms with Gasteiger partial charge in [0.2, 0.25) is 0 Å². The molecule has 0 N–H and O–H groups in total. The van der Waals surface area contributed by atoms with Crippen LogP contribution in [0.5, 0.6) is 0 Å². The third-order valence-corrected chi connectivity index (χ3v) is 10.7. The van der Waals surface area contributed by atoms with E-state index in [0.29, 0.717) is 0 Å². The maximum atomic E-state index is 5.39. The first-order valence-electron chi connectivity index (χ1n) is 16.6. The zero-order chi connectivity index (χ0) is 32.3. The highest BCUT2D eigenvalue weighted by Gasteiger charge is 2.16. The Hall–Kier alpha value is -6.16. The van der Waals surface area contributed by atoms with Crippen molar-refractivity contribution in [3.8, 4) is 44.1 Å². The molecule has 2 aromatic heterocycles. The molecule has 0 spiro atoms. The maximum Gasteiger partial charge on any atom is 0.124 e. The van der Waals surface area contributed by atoms with Crippen LogP contribution in [0.2, 0.25) is 0 Å². The first-order valence-corrected chi connectivity index (χ1v) is 17.4. The van der Waals surface area contributed by atoms with Crippen molar-refractivity contribution >= 4 is 64.8 Å². The fourth-order valence-electron chi connectivity index (χ4n) is 7.31. The minimum absolute atomic E-state index is 0.992. The first-order chi connectivity index (χ1) is 24.3. The summed E-state index contributed by atoms with van der Waals surface area (Å²) in [4.78, 5) is 10.3. The number of benzene rings is 8. The Bertz CT molecular complexity index is 2860. The number of para-hydroxylation sites is 1. The Morgan fingerprint density at radius 2 is 1.04 bits per heavy atom. The van der Waals surface area contributed by atoms with Crippen molar-refractivity contribution in [3.05, 3.63) is 170 Å². The Morgan fingerprint density at radius 3 is 1.90 bits per heavy atom. The van der Waals surface area contributed by atoms with Crippen molar-refractivity contribution in [2.24, 2.45) is 0 Å². The largest absolute Gasteiger partial charge is 0.247 e. The van der Waals surface area contributed by atoms with Crippen LogP contribution in [0, 0.1) is 0 Å². The van der Waals surface area contributed by atoms with Crippen molar-refractivity contribution in [3.63, 3.8) is 0 Å². The van der Waals surface area contributed by atoms with Gasteiger partial charge in [-0.1, -0.05) is 133 Å². The quantitative estimate of drug-likeness (QED) is 0.179. The van der Waals surface area contributed by atoms with E-state index in [1.807, 2.05) is 6.07 Å². The number of rotatable bonds is 4. The van der Waals surface area contributed by atoms with E-state index >= 15 is 0 Å². The number of hydrogen-bond donors (Lipinski definition) is 0. The summed E-state index contributed by atoms with van der Waals surface area (Å²) < 4.78 is 1.20. The van der Waals surface area contributed by atoms with Crippen molar-refractivity contribution in [1.29, 1.82) is 0 Å². The third kappa shape index (κ3) is 4.70. The van der Waals surface area contributed by atoms with Gasteiger partial charge in [0.25, 0.3) is 0 Å². The number of nitrogens with zero attached hydrogens (tertiary/aromatic N) is 2. The van der Waals surface area contributed by atoms with Crippen LogP contribution in [0.4, 0.5) is 0 Å². The van der Waals surface area contributed by atoms with Crippen molar-refractivity contribution in [2.45, 2.75) is 0 Å². The number of fused-ring (bicyclic) bond motifs is 7. The Kier molecular flexibility index (Phi) is 6.39. The second kappa shape index (κ2) is 11.2. The second-order valence-corrected chi connectivity index (χ2v) is 13.6. The Morgan fingerprint density at radius 1 is 0.367 bits per heavy atom. The average molecular weight is 641 g/mol. The minimum atomic E-state index is 0.992. The number of pyridine rings is 1. The van der Waals surface area contributed by atoms with E-state index in [2.05, 4.69) is 164 Å². The van der Waals surface area contributed by atoms with Gasteiger partial charge in [-0.2, -0.15) is 0 Å². The molecular formula is C46H28N2S. The third-order valence-electron chi connectivity index (χ3n) is 9.66. The van der Waals surface area contributed by atoms with Gasteiger partial charge in [0.15, 0.2) is 0 Å². The molecule has 0 amide bonds. The highest BCUT2D eigenvalue weighted by atomic mass is 32.1. The average Bonchev–Trinajstić information content (AvgIpc) is 3.62. The fraction of sp³-hybridized carbons (Fsp3) is 0. The molecule has 2 heterocycles. The number of thiazole rings is 1. The van der Waals surface area contributed by atoms with Crippen LogP contribution in [-0.2, 0) is 0 Å². The predicted molar refractivity (Wildman–Crippen MR) is 209 cm³/mol. The van der Waals surface area contributed by atoms with Gasteiger partial charge < -0.3 is 0 Å². The summed E-state index contributed by atoms with van der Waals surface area (Å²) in [5.74, 6) is 0. The molecule has 49 heavy (non-hydrogen) atoms. The van der Waals surface area contributed by atoms with E-state index in [0.717, 1.165) is 49.4 Å². The first kappa shape index (κ1) is 27.9. The molecule has 10 rings (SSSR count). The lowest BCUT2D eigenvalue weighted by atomic mass is 9.92. The molecule has 2 nitrogen and oxygen atoms in total. The fourth-order valence-corrected chi connectivity index (χ4v) is 8.27. The maximum absolute atomic E-state index is 5.39. The summed E-state index contributed by atoms with van der Waals surface area (Å²) in [5.41, 5.74) is 10.0. The Labute approximate surface area is 287 Å². The van der Waals surface area contributed by atoms with Gasteiger partial charge in [0.05, 0.1) is 21.4 Å². The molecule has 0 aliphatic carbocycles. The molecule has 3 heteroatoms. The SMILES string of the molecule is c1cc(-c2cccc(-c3nc4ccc(-c5cccc6ccccc56)cc4c4c3ccc3ccccc34)c2)cc(-c2nc3ccccc3s2)c1. The molecule has 0 saturated heterocycles. The molecule has 0 saturated carbocycles. The zero-order valence-corrected chi connectivity index (χ0v) is 27.3. The van der Waals surface area contributed by atoms with E-state index in [9.17, 15) is 0 Å². The van der Waals surface area contributed by atoms with E-state index in [1.165, 1.54) is 48.1 Å². The summed E-state index contributed by atoms with van der Waals surface area (Å²) in [5, 5.41) is 9.57. The van der Waals surface area contributed by atoms with Gasteiger partial charge >= 0.3 is 0 Å². The summed E-state index contributed by atoms with van der Waals surface area (Å²) in [6, 6.07) is 61.0. The highest BCUT2D eigenvalue weighted by molar-refractivity contribution is 7.21. The Balaban J connectivity index is 1.15. The molecule has 0 aliphatic rings. The number of hydrogen-bond acceptors (Lipinski definition) is 3. The molecule has 0 fully saturated rings. The van der Waals surface area contributed by atoms with Crippen LogP contribution in [0.1, 0.15) is 0 Å². The summed E-state index contributed by atoms with van der Waals surface area (Å²) >= 11 is 1.74. The van der Waals surface area contributed by atoms with Crippen LogP contribution in [0.15, 0.2) is 170 Å². The number of aromatic nitrogens is 2. The lowest BCUT2D eigenvalue weighted by Crippen LogP contribution is -1.92. The normalized spacial score (nSPS) is 11.7. The monoisotopic (exact) mass is 640 g/mol. The molecule has 10 aromatic rings. The summed E-state index contributed by atoms with van der Waals surface area (Å²) in [6.45, 7) is 0. The molecule has 8 aromatic carbocycles. The van der Waals surface area contributed by atoms with Gasteiger partial charge in [-0.3, -0.25) is 0 Å². The van der Waals surface area contributed by atoms with E-state index in [-0.39, 0.29) is 0 Å². The molecule has 0 atom stereocenters. The zero-order valence-electron chi connectivity index (χ0n) is 26.5. The van der Waals surface area contributed by atoms with Crippen molar-refractivity contribution in [2.75, 3.05) is 0 Å². The molecule has 0 unspecified atom stereocenters. The summed E-state index contributed by atoms with van der Waals surface area (Å²) in [6.07, 6.45) is 0. The highest BCUT2D eigenvalue weighted by Crippen LogP contribution is 2.40. The van der Waals surface area contributed by atoms with Crippen LogP contribution in [0.3, 0.4) is 0 Å². The lowest BCUT2D eigenvalue weighted by Gasteiger charge is -2.15. The molecular weight excluding hydrogens is 613 g/mol. The van der Waals surface area contributed by atoms with E-state index in [1.54, 1.807) is 11.3 Å². The molecule has 0 radical (unpaired) electrons. The predicted octanol–water partition coefficient (Wildman–Crippen LogP) is 13.0. The van der Waals surface area contributed by atoms with Gasteiger partial charge in [0, 0.05) is 27.3 Å². The van der Waals surface area contributed by atoms with Crippen LogP contribution < -0.4 is 0 Å². The van der Waals surface area contributed by atoms with Crippen molar-refractivity contribution in [1.82, 2.24) is 9.97 Å². The van der Waals surface area contributed by atoms with Crippen LogP contribution >= 0.6 is 11.3 Å². The standard InChI is InChI=1S/C46H28N2S/c1-3-17-36-29(10-1)12-9-19-37(36)33-23-25-41-40(28-33)44-38-18-4-2-11-30(38)22-24-39(44)45(47-41)34-15-7-13-31(26-34)32-14-8-16-35(27-32)46-48-42-20-5-6-21-43(42)49-46/h1-28H. The molecule has 228 valence electrons. The van der Waals surface area contributed by atoms with Gasteiger partial charge in [-0.05, 0) is 80.2 Å². The van der Waals surface area contributed by atoms with Crippen LogP contribution in [-0.4, -0.2) is 9.97 Å². The second-order valence-electron chi connectivity index (χ2n) is 12.6. The van der Waals surface area contributed by atoms with E-state index < -0.39 is 0 Å². The van der Waals surface area contributed by atoms with Gasteiger partial charge in [-0.15, -0.1) is 11.3 Å². The molecule has 0 bridgehead atoms. The topological polar surface area (TPSA) is 25.8 Å². The summed E-state index contributed by atoms with van der Waals surface area (Å²) in [7, 11) is 0. The lowest BCUT2D eigenvalue weighted by molar-refractivity contribution is 1.43. The minimum Gasteiger partial charge on any atom is -0.247 e.